The van der Waals surface area contributed by atoms with Crippen molar-refractivity contribution in [1.29, 1.82) is 0 Å². The predicted molar refractivity (Wildman–Crippen MR) is 26.8 cm³/mol. The van der Waals surface area contributed by atoms with Crippen LogP contribution in [0.1, 0.15) is 0 Å². The zero-order valence-electron chi connectivity index (χ0n) is 4.23. The summed E-state index contributed by atoms with van der Waals surface area (Å²) in [6, 6.07) is 0. The first-order valence-electron chi connectivity index (χ1n) is 0.894. The summed E-state index contributed by atoms with van der Waals surface area (Å²) in [5.41, 5.74) is 0. The topological polar surface area (TPSA) is 112 Å². The Hall–Kier alpha value is 2.94. The van der Waals surface area contributed by atoms with E-state index in [9.17, 15) is 0 Å². The molecule has 0 aliphatic rings. The SMILES string of the molecule is O.O[Si](O)(O)O.[CaH2].[Fe].[Mn].[Zn]. The fraction of sp³-hybridized carbons (Fsp3) is 0. The van der Waals surface area contributed by atoms with E-state index in [0.717, 1.165) is 0 Å². The van der Waals surface area contributed by atoms with Gasteiger partial charge in [0.2, 0.25) is 0 Å². The molecule has 0 atom stereocenters. The van der Waals surface area contributed by atoms with Crippen LogP contribution in [0.3, 0.4) is 0 Å². The molecule has 0 aliphatic carbocycles. The van der Waals surface area contributed by atoms with Crippen molar-refractivity contribution in [3.8, 4) is 0 Å². The summed E-state index contributed by atoms with van der Waals surface area (Å²) in [7, 11) is -4.61. The fourth-order valence-electron chi connectivity index (χ4n) is 0. The molecule has 0 heterocycles. The predicted octanol–water partition coefficient (Wildman–Crippen LogP) is -4.36. The van der Waals surface area contributed by atoms with Crippen molar-refractivity contribution in [3.63, 3.8) is 0 Å². The molecule has 0 amide bonds. The molecule has 0 aliphatic heterocycles. The third-order valence-corrected chi connectivity index (χ3v) is 0. The molecule has 10 heteroatoms. The van der Waals surface area contributed by atoms with Gasteiger partial charge in [0.1, 0.15) is 0 Å². The smallest absolute Gasteiger partial charge is 0 e. The van der Waals surface area contributed by atoms with Crippen LogP contribution in [0.25, 0.3) is 0 Å². The quantitative estimate of drug-likeness (QED) is 0.336. The standard InChI is InChI=1S/Ca.Fe.Mn.H4O4Si.H2O.Zn.2H/c;;;1-5(2,3)4;;;;/h;;;1-4H;1H2;;;. The zero-order chi connectivity index (χ0) is 4.50. The van der Waals surface area contributed by atoms with E-state index in [0.29, 0.717) is 0 Å². The van der Waals surface area contributed by atoms with Crippen LogP contribution in [0.2, 0.25) is 0 Å². The molecule has 10 heavy (non-hydrogen) atoms. The van der Waals surface area contributed by atoms with Gasteiger partial charge in [-0.25, -0.2) is 0 Å². The third-order valence-electron chi connectivity index (χ3n) is 0. The molecule has 0 bridgehead atoms. The van der Waals surface area contributed by atoms with E-state index < -0.39 is 9.05 Å². The van der Waals surface area contributed by atoms with Gasteiger partial charge in [-0.1, -0.05) is 0 Å². The van der Waals surface area contributed by atoms with Crippen molar-refractivity contribution in [2.75, 3.05) is 0 Å². The molecule has 6 N–H and O–H groups in total. The molecular formula is H8CaFeMnO5SiZn. The van der Waals surface area contributed by atoms with E-state index in [1.165, 1.54) is 0 Å². The zero-order valence-corrected chi connectivity index (χ0v) is 10.5. The molecule has 0 aromatic rings. The van der Waals surface area contributed by atoms with Crippen molar-refractivity contribution in [2.45, 2.75) is 0 Å². The van der Waals surface area contributed by atoms with Gasteiger partial charge in [-0.2, -0.15) is 0 Å². The van der Waals surface area contributed by atoms with E-state index in [2.05, 4.69) is 0 Å². The van der Waals surface area contributed by atoms with Crippen molar-refractivity contribution in [2.24, 2.45) is 0 Å². The molecule has 0 aromatic carbocycles. The third kappa shape index (κ3) is 125. The maximum atomic E-state index is 7.33. The van der Waals surface area contributed by atoms with E-state index in [1.54, 1.807) is 0 Å². The Morgan fingerprint density at radius 1 is 0.900 bits per heavy atom. The molecule has 5 nitrogen and oxygen atoms in total. The second-order valence-corrected chi connectivity index (χ2v) is 1.80. The summed E-state index contributed by atoms with van der Waals surface area (Å²) in [6.07, 6.45) is 0. The average Bonchev–Trinajstić information content (AvgIpc) is 0.722. The van der Waals surface area contributed by atoms with E-state index in [-0.39, 0.29) is 96.8 Å². The first-order chi connectivity index (χ1) is 2.00. The van der Waals surface area contributed by atoms with Crippen molar-refractivity contribution < 1.29 is 78.3 Å². The van der Waals surface area contributed by atoms with Gasteiger partial charge in [0.05, 0.1) is 0 Å². The Balaban J connectivity index is -0.00000000800. The van der Waals surface area contributed by atoms with Gasteiger partial charge in [0.15, 0.2) is 0 Å². The molecule has 61 valence electrons. The van der Waals surface area contributed by atoms with Crippen LogP contribution in [0.4, 0.5) is 0 Å². The minimum Gasteiger partial charge on any atom is 0 e. The van der Waals surface area contributed by atoms with Crippen molar-refractivity contribution >= 4 is 46.8 Å². The Morgan fingerprint density at radius 3 is 0.900 bits per heavy atom. The van der Waals surface area contributed by atoms with Gasteiger partial charge in [-0.05, 0) is 0 Å². The summed E-state index contributed by atoms with van der Waals surface area (Å²) in [5, 5.41) is 0. The van der Waals surface area contributed by atoms with Crippen molar-refractivity contribution in [1.82, 2.24) is 0 Å². The molecule has 0 unspecified atom stereocenters. The Morgan fingerprint density at radius 2 is 0.900 bits per heavy atom. The Kier molecular flexibility index (Phi) is 68.5. The van der Waals surface area contributed by atoms with Crippen molar-refractivity contribution in [3.05, 3.63) is 0 Å². The number of rotatable bonds is 0. The van der Waals surface area contributed by atoms with Gasteiger partial charge in [0.25, 0.3) is 0 Å². The maximum absolute atomic E-state index is 7.33. The Labute approximate surface area is 123 Å². The first kappa shape index (κ1) is 38.3. The van der Waals surface area contributed by atoms with E-state index in [1.807, 2.05) is 0 Å². The minimum atomic E-state index is -4.61. The summed E-state index contributed by atoms with van der Waals surface area (Å²) in [6.45, 7) is 0. The van der Waals surface area contributed by atoms with Crippen LogP contribution in [0.5, 0.6) is 0 Å². The molecule has 1 radical (unpaired) electrons. The molecule has 0 saturated heterocycles. The summed E-state index contributed by atoms with van der Waals surface area (Å²) >= 11 is 0. The van der Waals surface area contributed by atoms with Crippen LogP contribution < -0.4 is 0 Å². The second-order valence-electron chi connectivity index (χ2n) is 0.600. The van der Waals surface area contributed by atoms with Crippen LogP contribution in [-0.4, -0.2) is 71.4 Å². The molecule has 0 rings (SSSR count). The molecule has 0 spiro atoms. The average molecular weight is 332 g/mol. The maximum Gasteiger partial charge on any atom is 0 e. The monoisotopic (exact) mass is 331 g/mol. The van der Waals surface area contributed by atoms with Gasteiger partial charge in [-0.15, -0.1) is 0 Å². The van der Waals surface area contributed by atoms with Crippen LogP contribution >= 0.6 is 0 Å². The molecular weight excluding hydrogens is 324 g/mol. The number of hydrogen-bond donors (Lipinski definition) is 4. The summed E-state index contributed by atoms with van der Waals surface area (Å²) in [5.74, 6) is 0. The van der Waals surface area contributed by atoms with E-state index >= 15 is 0 Å². The van der Waals surface area contributed by atoms with Crippen LogP contribution in [0.15, 0.2) is 0 Å². The fourth-order valence-corrected chi connectivity index (χ4v) is 0. The van der Waals surface area contributed by atoms with Gasteiger partial charge < -0.3 is 24.7 Å². The molecule has 0 saturated carbocycles. The second kappa shape index (κ2) is 17.9. The normalized spacial score (nSPS) is 6.00. The van der Waals surface area contributed by atoms with Gasteiger partial charge in [-0.3, -0.25) is 0 Å². The van der Waals surface area contributed by atoms with Gasteiger partial charge >= 0.3 is 46.8 Å². The summed E-state index contributed by atoms with van der Waals surface area (Å²) in [4.78, 5) is 29.3. The van der Waals surface area contributed by atoms with Crippen LogP contribution in [0, 0.1) is 0 Å². The summed E-state index contributed by atoms with van der Waals surface area (Å²) < 4.78 is 0. The minimum absolute atomic E-state index is 0. The molecule has 0 fully saturated rings. The number of hydrogen-bond acceptors (Lipinski definition) is 4. The largest absolute Gasteiger partial charge is 0 e. The Bertz CT molecular complexity index is 37.1. The van der Waals surface area contributed by atoms with Gasteiger partial charge in [0, 0.05) is 53.6 Å². The van der Waals surface area contributed by atoms with Crippen LogP contribution in [-0.2, 0) is 53.6 Å². The first-order valence-corrected chi connectivity index (χ1v) is 2.68. The van der Waals surface area contributed by atoms with E-state index in [4.69, 9.17) is 19.2 Å². The molecule has 0 aromatic heterocycles.